The highest BCUT2D eigenvalue weighted by molar-refractivity contribution is 5.86. The van der Waals surface area contributed by atoms with Crippen LogP contribution in [-0.4, -0.2) is 17.4 Å². The SMILES string of the molecule is CC(=O)NCCC1C(c2c(C)[nH]c3ccccc23)C1(C)C. The average molecular weight is 284 g/mol. The summed E-state index contributed by atoms with van der Waals surface area (Å²) < 4.78 is 0. The zero-order valence-corrected chi connectivity index (χ0v) is 13.3. The fraction of sp³-hybridized carbons (Fsp3) is 0.500. The van der Waals surface area contributed by atoms with Crippen molar-refractivity contribution in [2.75, 3.05) is 6.54 Å². The number of rotatable bonds is 4. The van der Waals surface area contributed by atoms with E-state index in [1.807, 2.05) is 0 Å². The van der Waals surface area contributed by atoms with Gasteiger partial charge in [0.25, 0.3) is 0 Å². The van der Waals surface area contributed by atoms with Crippen LogP contribution >= 0.6 is 0 Å². The number of carbonyl (C=O) groups excluding carboxylic acids is 1. The molecule has 2 aromatic rings. The Labute approximate surface area is 126 Å². The van der Waals surface area contributed by atoms with Gasteiger partial charge >= 0.3 is 0 Å². The van der Waals surface area contributed by atoms with Gasteiger partial charge in [0.05, 0.1) is 0 Å². The van der Waals surface area contributed by atoms with E-state index in [1.54, 1.807) is 6.92 Å². The fourth-order valence-electron chi connectivity index (χ4n) is 3.96. The van der Waals surface area contributed by atoms with Crippen molar-refractivity contribution in [1.82, 2.24) is 10.3 Å². The molecule has 1 aromatic heterocycles. The first-order chi connectivity index (χ1) is 9.93. The van der Waals surface area contributed by atoms with Crippen LogP contribution in [0.4, 0.5) is 0 Å². The van der Waals surface area contributed by atoms with Crippen LogP contribution in [0.25, 0.3) is 10.9 Å². The van der Waals surface area contributed by atoms with Crippen molar-refractivity contribution < 1.29 is 4.79 Å². The summed E-state index contributed by atoms with van der Waals surface area (Å²) in [6.45, 7) is 9.23. The maximum absolute atomic E-state index is 11.0. The number of aryl methyl sites for hydroxylation is 1. The number of H-pyrrole nitrogens is 1. The average Bonchev–Trinajstić information content (AvgIpc) is 2.77. The minimum Gasteiger partial charge on any atom is -0.358 e. The Kier molecular flexibility index (Phi) is 3.31. The summed E-state index contributed by atoms with van der Waals surface area (Å²) in [4.78, 5) is 14.5. The second-order valence-electron chi connectivity index (χ2n) is 6.89. The molecule has 0 saturated heterocycles. The topological polar surface area (TPSA) is 44.9 Å². The third kappa shape index (κ3) is 2.35. The van der Waals surface area contributed by atoms with Gasteiger partial charge in [-0.3, -0.25) is 4.79 Å². The van der Waals surface area contributed by atoms with E-state index in [-0.39, 0.29) is 5.91 Å². The summed E-state index contributed by atoms with van der Waals surface area (Å²) in [7, 11) is 0. The van der Waals surface area contributed by atoms with Crippen molar-refractivity contribution in [2.24, 2.45) is 11.3 Å². The lowest BCUT2D eigenvalue weighted by Crippen LogP contribution is -2.21. The Morgan fingerprint density at radius 1 is 1.33 bits per heavy atom. The molecule has 112 valence electrons. The van der Waals surface area contributed by atoms with E-state index < -0.39 is 0 Å². The number of aromatic nitrogens is 1. The summed E-state index contributed by atoms with van der Waals surface area (Å²) in [5.74, 6) is 1.29. The highest BCUT2D eigenvalue weighted by Crippen LogP contribution is 2.67. The summed E-state index contributed by atoms with van der Waals surface area (Å²) >= 11 is 0. The largest absolute Gasteiger partial charge is 0.358 e. The molecule has 1 aromatic carbocycles. The van der Waals surface area contributed by atoms with E-state index in [1.165, 1.54) is 22.2 Å². The van der Waals surface area contributed by atoms with Gasteiger partial charge in [-0.1, -0.05) is 32.0 Å². The van der Waals surface area contributed by atoms with Crippen LogP contribution < -0.4 is 5.32 Å². The van der Waals surface area contributed by atoms with E-state index in [2.05, 4.69) is 55.3 Å². The number of benzene rings is 1. The summed E-state index contributed by atoms with van der Waals surface area (Å²) in [6.07, 6.45) is 1.05. The minimum atomic E-state index is 0.0632. The number of hydrogen-bond donors (Lipinski definition) is 2. The Hall–Kier alpha value is -1.77. The van der Waals surface area contributed by atoms with Crippen LogP contribution in [0.2, 0.25) is 0 Å². The lowest BCUT2D eigenvalue weighted by atomic mass is 10.0. The molecule has 21 heavy (non-hydrogen) atoms. The van der Waals surface area contributed by atoms with Gasteiger partial charge in [0.15, 0.2) is 0 Å². The van der Waals surface area contributed by atoms with Gasteiger partial charge in [-0.05, 0) is 42.2 Å². The number of fused-ring (bicyclic) bond motifs is 1. The molecule has 2 atom stereocenters. The van der Waals surface area contributed by atoms with E-state index in [0.717, 1.165) is 13.0 Å². The van der Waals surface area contributed by atoms with Crippen molar-refractivity contribution in [3.8, 4) is 0 Å². The van der Waals surface area contributed by atoms with E-state index in [4.69, 9.17) is 0 Å². The molecular weight excluding hydrogens is 260 g/mol. The quantitative estimate of drug-likeness (QED) is 0.882. The second kappa shape index (κ2) is 4.90. The predicted octanol–water partition coefficient (Wildman–Crippen LogP) is 3.74. The molecule has 3 heteroatoms. The van der Waals surface area contributed by atoms with E-state index >= 15 is 0 Å². The molecule has 0 radical (unpaired) electrons. The molecule has 1 aliphatic carbocycles. The van der Waals surface area contributed by atoms with Crippen molar-refractivity contribution in [3.05, 3.63) is 35.5 Å². The Bertz CT molecular complexity index is 684. The molecule has 0 aliphatic heterocycles. The van der Waals surface area contributed by atoms with Crippen molar-refractivity contribution >= 4 is 16.8 Å². The zero-order valence-electron chi connectivity index (χ0n) is 13.3. The van der Waals surface area contributed by atoms with Crippen molar-refractivity contribution in [3.63, 3.8) is 0 Å². The molecule has 1 saturated carbocycles. The number of carbonyl (C=O) groups is 1. The highest BCUT2D eigenvalue weighted by Gasteiger charge is 2.58. The summed E-state index contributed by atoms with van der Waals surface area (Å²) in [5.41, 5.74) is 4.31. The molecule has 2 N–H and O–H groups in total. The van der Waals surface area contributed by atoms with Crippen LogP contribution in [-0.2, 0) is 4.79 Å². The predicted molar refractivity (Wildman–Crippen MR) is 86.3 cm³/mol. The van der Waals surface area contributed by atoms with Crippen LogP contribution in [0.3, 0.4) is 0 Å². The smallest absolute Gasteiger partial charge is 0.216 e. The van der Waals surface area contributed by atoms with Crippen molar-refractivity contribution in [1.29, 1.82) is 0 Å². The first kappa shape index (κ1) is 14.2. The highest BCUT2D eigenvalue weighted by atomic mass is 16.1. The Balaban J connectivity index is 1.85. The van der Waals surface area contributed by atoms with E-state index in [0.29, 0.717) is 17.3 Å². The Morgan fingerprint density at radius 2 is 2.05 bits per heavy atom. The fourth-order valence-corrected chi connectivity index (χ4v) is 3.96. The molecule has 1 fully saturated rings. The first-order valence-electron chi connectivity index (χ1n) is 7.74. The van der Waals surface area contributed by atoms with Crippen molar-refractivity contribution in [2.45, 2.75) is 40.0 Å². The maximum atomic E-state index is 11.0. The van der Waals surface area contributed by atoms with Crippen LogP contribution in [0.1, 0.15) is 44.4 Å². The standard InChI is InChI=1S/C18H24N2O/c1-11-16(13-7-5-6-8-15(13)20-11)17-14(18(17,3)4)9-10-19-12(2)21/h5-8,14,17,20H,9-10H2,1-4H3,(H,19,21). The van der Waals surface area contributed by atoms with Gasteiger partial charge in [-0.25, -0.2) is 0 Å². The third-order valence-corrected chi connectivity index (χ3v) is 5.13. The monoisotopic (exact) mass is 284 g/mol. The molecular formula is C18H24N2O. The van der Waals surface area contributed by atoms with Gasteiger partial charge < -0.3 is 10.3 Å². The van der Waals surface area contributed by atoms with Gasteiger partial charge in [-0.2, -0.15) is 0 Å². The third-order valence-electron chi connectivity index (χ3n) is 5.13. The molecule has 3 rings (SSSR count). The molecule has 0 spiro atoms. The number of hydrogen-bond acceptors (Lipinski definition) is 1. The molecule has 3 nitrogen and oxygen atoms in total. The molecule has 0 bridgehead atoms. The second-order valence-corrected chi connectivity index (χ2v) is 6.89. The van der Waals surface area contributed by atoms with Gasteiger partial charge in [-0.15, -0.1) is 0 Å². The molecule has 1 heterocycles. The normalized spacial score (nSPS) is 23.2. The van der Waals surface area contributed by atoms with E-state index in [9.17, 15) is 4.79 Å². The maximum Gasteiger partial charge on any atom is 0.216 e. The number of nitrogens with one attached hydrogen (secondary N) is 2. The molecule has 2 unspecified atom stereocenters. The lowest BCUT2D eigenvalue weighted by Gasteiger charge is -2.03. The number of para-hydroxylation sites is 1. The van der Waals surface area contributed by atoms with Gasteiger partial charge in [0.2, 0.25) is 5.91 Å². The summed E-state index contributed by atoms with van der Waals surface area (Å²) in [6, 6.07) is 8.55. The Morgan fingerprint density at radius 3 is 2.76 bits per heavy atom. The minimum absolute atomic E-state index is 0.0632. The zero-order chi connectivity index (χ0) is 15.2. The number of aromatic amines is 1. The summed E-state index contributed by atoms with van der Waals surface area (Å²) in [5, 5.41) is 4.28. The number of amides is 1. The van der Waals surface area contributed by atoms with Crippen LogP contribution in [0.5, 0.6) is 0 Å². The van der Waals surface area contributed by atoms with Gasteiger partial charge in [0.1, 0.15) is 0 Å². The van der Waals surface area contributed by atoms with Crippen LogP contribution in [0, 0.1) is 18.3 Å². The lowest BCUT2D eigenvalue weighted by molar-refractivity contribution is -0.118. The first-order valence-corrected chi connectivity index (χ1v) is 7.74. The molecule has 1 amide bonds. The van der Waals surface area contributed by atoms with Crippen LogP contribution in [0.15, 0.2) is 24.3 Å². The molecule has 1 aliphatic rings. The van der Waals surface area contributed by atoms with Gasteiger partial charge in [0, 0.05) is 30.1 Å².